The molecule has 6 heteroatoms. The standard InChI is InChI=1S/C7H4N4OS/c12-4-5-3-10-7(11-5)13-6-8-1-2-9-6/h1-3H,(H,8,9). The van der Waals surface area contributed by atoms with Gasteiger partial charge in [0.25, 0.3) is 0 Å². The first-order valence-electron chi connectivity index (χ1n) is 3.43. The predicted molar refractivity (Wildman–Crippen MR) is 49.6 cm³/mol. The monoisotopic (exact) mass is 192 g/mol. The molecule has 1 aromatic rings. The fourth-order valence-corrected chi connectivity index (χ4v) is 1.43. The Hall–Kier alpha value is -1.65. The number of aromatic amines is 1. The van der Waals surface area contributed by atoms with Crippen molar-refractivity contribution in [1.29, 1.82) is 0 Å². The Kier molecular flexibility index (Phi) is 2.08. The highest BCUT2D eigenvalue weighted by Crippen LogP contribution is 2.18. The van der Waals surface area contributed by atoms with Gasteiger partial charge in [-0.15, -0.1) is 0 Å². The first-order valence-corrected chi connectivity index (χ1v) is 4.25. The third-order valence-electron chi connectivity index (χ3n) is 1.28. The molecule has 1 aliphatic rings. The fraction of sp³-hybridized carbons (Fsp3) is 0. The molecule has 0 atom stereocenters. The van der Waals surface area contributed by atoms with Gasteiger partial charge in [0.15, 0.2) is 22.0 Å². The summed E-state index contributed by atoms with van der Waals surface area (Å²) in [4.78, 5) is 24.8. The Bertz CT molecular complexity index is 414. The molecule has 0 aliphatic carbocycles. The van der Waals surface area contributed by atoms with Gasteiger partial charge in [-0.3, -0.25) is 0 Å². The topological polar surface area (TPSA) is 70.5 Å². The van der Waals surface area contributed by atoms with Gasteiger partial charge in [-0.2, -0.15) is 0 Å². The van der Waals surface area contributed by atoms with E-state index in [-0.39, 0.29) is 5.70 Å². The summed E-state index contributed by atoms with van der Waals surface area (Å²) in [6.07, 6.45) is 4.72. The van der Waals surface area contributed by atoms with Crippen molar-refractivity contribution in [3.05, 3.63) is 18.1 Å². The lowest BCUT2D eigenvalue weighted by molar-refractivity contribution is 0.568. The van der Waals surface area contributed by atoms with E-state index in [0.717, 1.165) is 0 Å². The van der Waals surface area contributed by atoms with E-state index in [1.165, 1.54) is 18.0 Å². The average molecular weight is 192 g/mol. The minimum atomic E-state index is 0.217. The third kappa shape index (κ3) is 1.74. The molecule has 0 fully saturated rings. The summed E-state index contributed by atoms with van der Waals surface area (Å²) in [5.41, 5.74) is 0.217. The Labute approximate surface area is 77.7 Å². The van der Waals surface area contributed by atoms with Crippen molar-refractivity contribution in [1.82, 2.24) is 9.97 Å². The summed E-state index contributed by atoms with van der Waals surface area (Å²) in [6.45, 7) is 0. The van der Waals surface area contributed by atoms with Crippen molar-refractivity contribution in [2.45, 2.75) is 5.16 Å². The molecule has 13 heavy (non-hydrogen) atoms. The number of hydrogen-bond donors (Lipinski definition) is 1. The summed E-state index contributed by atoms with van der Waals surface area (Å²) < 4.78 is 0. The number of amidine groups is 1. The molecule has 0 saturated heterocycles. The van der Waals surface area contributed by atoms with Crippen LogP contribution in [-0.2, 0) is 4.79 Å². The highest BCUT2D eigenvalue weighted by atomic mass is 32.2. The lowest BCUT2D eigenvalue weighted by Gasteiger charge is -1.89. The number of aliphatic imine (C=N–C) groups is 2. The summed E-state index contributed by atoms with van der Waals surface area (Å²) in [7, 11) is 0. The zero-order valence-electron chi connectivity index (χ0n) is 6.39. The van der Waals surface area contributed by atoms with Crippen molar-refractivity contribution in [3.63, 3.8) is 0 Å². The van der Waals surface area contributed by atoms with Crippen LogP contribution < -0.4 is 0 Å². The van der Waals surface area contributed by atoms with Gasteiger partial charge in [-0.25, -0.2) is 19.8 Å². The van der Waals surface area contributed by atoms with Crippen LogP contribution in [0.15, 0.2) is 33.2 Å². The van der Waals surface area contributed by atoms with E-state index in [0.29, 0.717) is 10.3 Å². The van der Waals surface area contributed by atoms with Crippen LogP contribution in [0.2, 0.25) is 0 Å². The van der Waals surface area contributed by atoms with Crippen LogP contribution >= 0.6 is 11.8 Å². The molecule has 1 N–H and O–H groups in total. The summed E-state index contributed by atoms with van der Waals surface area (Å²) >= 11 is 1.26. The molecule has 2 heterocycles. The molecule has 1 aliphatic heterocycles. The lowest BCUT2D eigenvalue weighted by atomic mass is 10.6. The molecule has 0 unspecified atom stereocenters. The van der Waals surface area contributed by atoms with Crippen LogP contribution in [-0.4, -0.2) is 27.3 Å². The van der Waals surface area contributed by atoms with Gasteiger partial charge in [-0.05, 0) is 11.8 Å². The summed E-state index contributed by atoms with van der Waals surface area (Å²) in [6, 6.07) is 0. The van der Waals surface area contributed by atoms with Gasteiger partial charge >= 0.3 is 0 Å². The minimum Gasteiger partial charge on any atom is -0.339 e. The Balaban J connectivity index is 2.14. The van der Waals surface area contributed by atoms with Crippen molar-refractivity contribution < 1.29 is 4.79 Å². The average Bonchev–Trinajstić information content (AvgIpc) is 2.76. The van der Waals surface area contributed by atoms with Gasteiger partial charge in [0.1, 0.15) is 0 Å². The maximum atomic E-state index is 10.2. The van der Waals surface area contributed by atoms with Crippen molar-refractivity contribution in [2.24, 2.45) is 9.98 Å². The zero-order chi connectivity index (χ0) is 9.10. The van der Waals surface area contributed by atoms with Gasteiger partial charge in [0, 0.05) is 12.4 Å². The maximum Gasteiger partial charge on any atom is 0.196 e. The predicted octanol–water partition coefficient (Wildman–Crippen LogP) is 0.658. The molecule has 1 aromatic heterocycles. The molecular weight excluding hydrogens is 188 g/mol. The third-order valence-corrected chi connectivity index (χ3v) is 2.07. The second-order valence-corrected chi connectivity index (χ2v) is 3.09. The van der Waals surface area contributed by atoms with Crippen LogP contribution in [0.3, 0.4) is 0 Å². The first-order chi connectivity index (χ1) is 6.38. The number of imidazole rings is 1. The molecule has 0 bridgehead atoms. The maximum absolute atomic E-state index is 10.2. The number of nitrogens with one attached hydrogen (secondary N) is 1. The number of hydrogen-bond acceptors (Lipinski definition) is 5. The molecule has 5 nitrogen and oxygen atoms in total. The first kappa shape index (κ1) is 7.97. The van der Waals surface area contributed by atoms with Crippen LogP contribution in [0.25, 0.3) is 0 Å². The largest absolute Gasteiger partial charge is 0.339 e. The molecule has 2 rings (SSSR count). The van der Waals surface area contributed by atoms with E-state index in [4.69, 9.17) is 0 Å². The minimum absolute atomic E-state index is 0.217. The molecule has 0 spiro atoms. The number of aromatic nitrogens is 2. The number of thioether (sulfide) groups is 1. The van der Waals surface area contributed by atoms with Crippen LogP contribution in [0.1, 0.15) is 0 Å². The molecule has 0 radical (unpaired) electrons. The molecule has 0 aromatic carbocycles. The van der Waals surface area contributed by atoms with E-state index >= 15 is 0 Å². The molecule has 64 valence electrons. The fourth-order valence-electron chi connectivity index (χ4n) is 0.769. The SMILES string of the molecule is O=C=C1C=NC(Sc2ncc[nH]2)=N1. The lowest BCUT2D eigenvalue weighted by Crippen LogP contribution is -1.83. The van der Waals surface area contributed by atoms with E-state index in [9.17, 15) is 4.79 Å². The van der Waals surface area contributed by atoms with Crippen molar-refractivity contribution in [3.8, 4) is 0 Å². The van der Waals surface area contributed by atoms with Crippen LogP contribution in [0.4, 0.5) is 0 Å². The quantitative estimate of drug-likeness (QED) is 0.664. The van der Waals surface area contributed by atoms with Gasteiger partial charge in [0.2, 0.25) is 0 Å². The number of H-pyrrole nitrogens is 1. The number of rotatable bonds is 1. The molecular formula is C7H4N4OS. The number of nitrogens with zero attached hydrogens (tertiary/aromatic N) is 3. The number of carbonyl (C=O) groups excluding carboxylic acids is 1. The summed E-state index contributed by atoms with van der Waals surface area (Å²) in [5.74, 6) is 1.66. The second kappa shape index (κ2) is 3.38. The van der Waals surface area contributed by atoms with E-state index in [1.807, 2.05) is 0 Å². The van der Waals surface area contributed by atoms with E-state index in [1.54, 1.807) is 18.3 Å². The smallest absolute Gasteiger partial charge is 0.196 e. The molecule has 0 amide bonds. The Morgan fingerprint density at radius 1 is 1.54 bits per heavy atom. The van der Waals surface area contributed by atoms with E-state index in [2.05, 4.69) is 20.0 Å². The van der Waals surface area contributed by atoms with Gasteiger partial charge in [-0.1, -0.05) is 0 Å². The Morgan fingerprint density at radius 3 is 3.08 bits per heavy atom. The van der Waals surface area contributed by atoms with Crippen LogP contribution in [0.5, 0.6) is 0 Å². The van der Waals surface area contributed by atoms with Crippen molar-refractivity contribution >= 4 is 29.1 Å². The Morgan fingerprint density at radius 2 is 2.46 bits per heavy atom. The van der Waals surface area contributed by atoms with Crippen LogP contribution in [0, 0.1) is 0 Å². The van der Waals surface area contributed by atoms with Gasteiger partial charge in [0.05, 0.1) is 6.21 Å². The van der Waals surface area contributed by atoms with Gasteiger partial charge < -0.3 is 4.98 Å². The van der Waals surface area contributed by atoms with E-state index < -0.39 is 0 Å². The summed E-state index contributed by atoms with van der Waals surface area (Å²) in [5, 5.41) is 1.19. The zero-order valence-corrected chi connectivity index (χ0v) is 7.21. The molecule has 0 saturated carbocycles. The van der Waals surface area contributed by atoms with Crippen molar-refractivity contribution in [2.75, 3.05) is 0 Å². The second-order valence-electron chi connectivity index (χ2n) is 2.14. The normalized spacial score (nSPS) is 14.5. The highest BCUT2D eigenvalue weighted by Gasteiger charge is 2.09. The highest BCUT2D eigenvalue weighted by molar-refractivity contribution is 8.13. The number of allylic oxidation sites excluding steroid dienone is 1.